The number of aromatic carboxylic acids is 1. The zero-order valence-corrected chi connectivity index (χ0v) is 11.2. The fraction of sp³-hybridized carbons (Fsp3) is 0.500. The molecule has 0 aromatic carbocycles. The normalized spacial score (nSPS) is 21.0. The van der Waals surface area contributed by atoms with Gasteiger partial charge in [-0.1, -0.05) is 0 Å². The van der Waals surface area contributed by atoms with E-state index in [9.17, 15) is 9.59 Å². The van der Waals surface area contributed by atoms with Crippen LogP contribution < -0.4 is 0 Å². The van der Waals surface area contributed by atoms with E-state index in [2.05, 4.69) is 4.90 Å². The molecule has 1 saturated heterocycles. The lowest BCUT2D eigenvalue weighted by Crippen LogP contribution is -2.52. The number of carboxylic acid groups (broad SMARTS) is 1. The van der Waals surface area contributed by atoms with Gasteiger partial charge in [0, 0.05) is 25.7 Å². The quantitative estimate of drug-likeness (QED) is 0.876. The molecule has 1 N–H and O–H groups in total. The summed E-state index contributed by atoms with van der Waals surface area (Å²) in [7, 11) is 2.03. The Morgan fingerprint density at radius 1 is 1.33 bits per heavy atom. The molecule has 1 aliphatic heterocycles. The fourth-order valence-corrected chi connectivity index (χ4v) is 2.95. The lowest BCUT2D eigenvalue weighted by Gasteiger charge is -2.38. The van der Waals surface area contributed by atoms with Crippen molar-refractivity contribution < 1.29 is 14.7 Å². The number of nitrogens with zero attached hydrogens (tertiary/aromatic N) is 2. The van der Waals surface area contributed by atoms with E-state index in [4.69, 9.17) is 5.11 Å². The van der Waals surface area contributed by atoms with Gasteiger partial charge in [-0.05, 0) is 26.1 Å². The van der Waals surface area contributed by atoms with Gasteiger partial charge in [-0.15, -0.1) is 11.3 Å². The van der Waals surface area contributed by atoms with E-state index in [0.717, 1.165) is 24.4 Å². The van der Waals surface area contributed by atoms with Crippen molar-refractivity contribution in [3.05, 3.63) is 21.9 Å². The molecule has 1 atom stereocenters. The molecule has 1 aliphatic rings. The van der Waals surface area contributed by atoms with Gasteiger partial charge in [-0.25, -0.2) is 4.79 Å². The van der Waals surface area contributed by atoms with Gasteiger partial charge in [0.15, 0.2) is 0 Å². The minimum absolute atomic E-state index is 0.0619. The number of carboxylic acids is 1. The molecule has 98 valence electrons. The van der Waals surface area contributed by atoms with Crippen molar-refractivity contribution in [3.63, 3.8) is 0 Å². The Kier molecular flexibility index (Phi) is 3.68. The van der Waals surface area contributed by atoms with E-state index >= 15 is 0 Å². The maximum absolute atomic E-state index is 12.3. The molecule has 6 heteroatoms. The van der Waals surface area contributed by atoms with Crippen LogP contribution in [0.25, 0.3) is 0 Å². The molecule has 1 fully saturated rings. The predicted octanol–water partition coefficient (Wildman–Crippen LogP) is 1.22. The molecule has 0 bridgehead atoms. The maximum Gasteiger partial charge on any atom is 0.345 e. The van der Waals surface area contributed by atoms with Gasteiger partial charge in [0.1, 0.15) is 4.88 Å². The third-order valence-electron chi connectivity index (χ3n) is 3.12. The molecule has 0 radical (unpaired) electrons. The first kappa shape index (κ1) is 13.0. The first-order chi connectivity index (χ1) is 8.49. The van der Waals surface area contributed by atoms with Crippen LogP contribution in [0.2, 0.25) is 0 Å². The minimum atomic E-state index is -0.981. The number of carbonyl (C=O) groups is 2. The second-order valence-corrected chi connectivity index (χ2v) is 5.66. The van der Waals surface area contributed by atoms with Crippen LogP contribution in [0.3, 0.4) is 0 Å². The van der Waals surface area contributed by atoms with Gasteiger partial charge in [-0.3, -0.25) is 4.79 Å². The minimum Gasteiger partial charge on any atom is -0.477 e. The van der Waals surface area contributed by atoms with Crippen LogP contribution in [-0.4, -0.2) is 59.5 Å². The fourth-order valence-electron chi connectivity index (χ4n) is 2.15. The molecule has 1 aromatic rings. The van der Waals surface area contributed by atoms with Crippen LogP contribution >= 0.6 is 11.3 Å². The van der Waals surface area contributed by atoms with Crippen molar-refractivity contribution in [2.24, 2.45) is 0 Å². The molecule has 0 aliphatic carbocycles. The molecule has 18 heavy (non-hydrogen) atoms. The van der Waals surface area contributed by atoms with Gasteiger partial charge in [-0.2, -0.15) is 0 Å². The lowest BCUT2D eigenvalue weighted by atomic mass is 10.2. The van der Waals surface area contributed by atoms with Crippen molar-refractivity contribution in [2.45, 2.75) is 13.0 Å². The molecule has 5 nitrogen and oxygen atoms in total. The van der Waals surface area contributed by atoms with E-state index in [1.165, 1.54) is 6.07 Å². The summed E-state index contributed by atoms with van der Waals surface area (Å²) in [6.45, 7) is 4.41. The summed E-state index contributed by atoms with van der Waals surface area (Å²) in [5.41, 5.74) is 0. The highest BCUT2D eigenvalue weighted by Crippen LogP contribution is 2.20. The molecule has 0 spiro atoms. The van der Waals surface area contributed by atoms with E-state index in [1.54, 1.807) is 6.07 Å². The summed E-state index contributed by atoms with van der Waals surface area (Å²) >= 11 is 1.04. The highest BCUT2D eigenvalue weighted by Gasteiger charge is 2.27. The number of hydrogen-bond donors (Lipinski definition) is 1. The third-order valence-corrected chi connectivity index (χ3v) is 4.18. The summed E-state index contributed by atoms with van der Waals surface area (Å²) in [6, 6.07) is 3.24. The van der Waals surface area contributed by atoms with E-state index in [1.807, 2.05) is 18.9 Å². The van der Waals surface area contributed by atoms with Gasteiger partial charge >= 0.3 is 5.97 Å². The molecule has 1 amide bonds. The Balaban J connectivity index is 2.13. The Hall–Kier alpha value is -1.40. The molecule has 0 saturated carbocycles. The van der Waals surface area contributed by atoms with Crippen LogP contribution in [0, 0.1) is 0 Å². The second kappa shape index (κ2) is 5.07. The first-order valence-corrected chi connectivity index (χ1v) is 6.63. The molecule has 2 heterocycles. The smallest absolute Gasteiger partial charge is 0.345 e. The zero-order chi connectivity index (χ0) is 13.3. The van der Waals surface area contributed by atoms with Crippen LogP contribution in [0.1, 0.15) is 26.3 Å². The number of hydrogen-bond acceptors (Lipinski definition) is 4. The van der Waals surface area contributed by atoms with Crippen molar-refractivity contribution in [1.82, 2.24) is 9.80 Å². The number of likely N-dealkylation sites (N-methyl/N-ethyl adjacent to an activating group) is 1. The Labute approximate surface area is 110 Å². The summed E-state index contributed by atoms with van der Waals surface area (Å²) in [6.07, 6.45) is 0. The van der Waals surface area contributed by atoms with Crippen molar-refractivity contribution in [1.29, 1.82) is 0 Å². The second-order valence-electron chi connectivity index (χ2n) is 4.58. The van der Waals surface area contributed by atoms with Crippen molar-refractivity contribution in [3.8, 4) is 0 Å². The topological polar surface area (TPSA) is 60.9 Å². The van der Waals surface area contributed by atoms with Gasteiger partial charge in [0.2, 0.25) is 0 Å². The summed E-state index contributed by atoms with van der Waals surface area (Å²) in [5, 5.41) is 8.86. The molecule has 1 unspecified atom stereocenters. The molecular weight excluding hydrogens is 252 g/mol. The zero-order valence-electron chi connectivity index (χ0n) is 10.4. The van der Waals surface area contributed by atoms with Crippen LogP contribution in [0.15, 0.2) is 12.1 Å². The number of rotatable bonds is 2. The highest BCUT2D eigenvalue weighted by molar-refractivity contribution is 7.15. The average Bonchev–Trinajstić information content (AvgIpc) is 2.77. The van der Waals surface area contributed by atoms with Gasteiger partial charge in [0.25, 0.3) is 5.91 Å². The summed E-state index contributed by atoms with van der Waals surface area (Å²) in [5.74, 6) is -1.04. The van der Waals surface area contributed by atoms with E-state index < -0.39 is 5.97 Å². The SMILES string of the molecule is CC1CN(C)CCN1C(=O)c1ccc(C(=O)O)s1. The number of carbonyl (C=O) groups excluding carboxylic acids is 1. The van der Waals surface area contributed by atoms with Gasteiger partial charge in [0.05, 0.1) is 4.88 Å². The average molecular weight is 268 g/mol. The van der Waals surface area contributed by atoms with Crippen molar-refractivity contribution >= 4 is 23.2 Å². The van der Waals surface area contributed by atoms with Gasteiger partial charge < -0.3 is 14.9 Å². The van der Waals surface area contributed by atoms with Crippen molar-refractivity contribution in [2.75, 3.05) is 26.7 Å². The predicted molar refractivity (Wildman–Crippen MR) is 69.3 cm³/mol. The maximum atomic E-state index is 12.3. The van der Waals surface area contributed by atoms with Crippen LogP contribution in [-0.2, 0) is 0 Å². The Bertz CT molecular complexity index is 472. The van der Waals surface area contributed by atoms with Crippen LogP contribution in [0.5, 0.6) is 0 Å². The molecule has 2 rings (SSSR count). The standard InChI is InChI=1S/C12H16N2O3S/c1-8-7-13(2)5-6-14(8)11(15)9-3-4-10(18-9)12(16)17/h3-4,8H,5-7H2,1-2H3,(H,16,17). The third kappa shape index (κ3) is 2.54. The first-order valence-electron chi connectivity index (χ1n) is 5.81. The van der Waals surface area contributed by atoms with E-state index in [0.29, 0.717) is 11.4 Å². The molecule has 1 aromatic heterocycles. The largest absolute Gasteiger partial charge is 0.477 e. The molecular formula is C12H16N2O3S. The Morgan fingerprint density at radius 3 is 2.56 bits per heavy atom. The monoisotopic (exact) mass is 268 g/mol. The summed E-state index contributed by atoms with van der Waals surface area (Å²) in [4.78, 5) is 27.8. The Morgan fingerprint density at radius 2 is 2.00 bits per heavy atom. The highest BCUT2D eigenvalue weighted by atomic mass is 32.1. The van der Waals surface area contributed by atoms with E-state index in [-0.39, 0.29) is 16.8 Å². The lowest BCUT2D eigenvalue weighted by molar-refractivity contribution is 0.0538. The number of amides is 1. The number of piperazine rings is 1. The number of thiophene rings is 1. The summed E-state index contributed by atoms with van der Waals surface area (Å²) < 4.78 is 0. The van der Waals surface area contributed by atoms with Crippen LogP contribution in [0.4, 0.5) is 0 Å².